The Hall–Kier alpha value is -3.30. The van der Waals surface area contributed by atoms with Crippen molar-refractivity contribution < 1.29 is 14.3 Å². The Morgan fingerprint density at radius 2 is 1.88 bits per heavy atom. The summed E-state index contributed by atoms with van der Waals surface area (Å²) in [5, 5.41) is 11.7. The van der Waals surface area contributed by atoms with E-state index in [9.17, 15) is 9.59 Å². The Morgan fingerprint density at radius 1 is 1.09 bits per heavy atom. The average Bonchev–Trinajstić information content (AvgIpc) is 3.49. The number of hydrogen-bond donors (Lipinski definition) is 0. The molecule has 2 aliphatic rings. The van der Waals surface area contributed by atoms with Crippen molar-refractivity contribution in [3.05, 3.63) is 70.0 Å². The summed E-state index contributed by atoms with van der Waals surface area (Å²) in [5.41, 5.74) is 4.32. The number of amides is 1. The summed E-state index contributed by atoms with van der Waals surface area (Å²) in [6.45, 7) is 4.25. The van der Waals surface area contributed by atoms with E-state index in [-0.39, 0.29) is 11.9 Å². The molecule has 0 bridgehead atoms. The molecule has 2 aliphatic heterocycles. The first-order valence-electron chi connectivity index (χ1n) is 10.9. The highest BCUT2D eigenvalue weighted by atomic mass is 35.5. The summed E-state index contributed by atoms with van der Waals surface area (Å²) in [6.07, 6.45) is 2.70. The lowest BCUT2D eigenvalue weighted by Gasteiger charge is -2.35. The van der Waals surface area contributed by atoms with E-state index in [1.807, 2.05) is 35.2 Å². The standard InChI is InChI=1S/C23H23ClN6O3/c24-21-13-20-18(14-33-23(20)32)12-17(21)5-6-28-7-9-29(10-8-28)22(31)11-16-1-3-19(4-2-16)30-15-25-26-27-30/h1-4,12-13,15H,5-11,14H2. The van der Waals surface area contributed by atoms with Crippen molar-refractivity contribution in [2.75, 3.05) is 32.7 Å². The number of halogens is 1. The summed E-state index contributed by atoms with van der Waals surface area (Å²) in [7, 11) is 0. The minimum atomic E-state index is -0.303. The molecule has 33 heavy (non-hydrogen) atoms. The quantitative estimate of drug-likeness (QED) is 0.512. The number of hydrogen-bond acceptors (Lipinski definition) is 7. The Balaban J connectivity index is 1.10. The van der Waals surface area contributed by atoms with Crippen LogP contribution in [0.2, 0.25) is 5.02 Å². The van der Waals surface area contributed by atoms with Gasteiger partial charge in [-0.3, -0.25) is 9.69 Å². The molecule has 5 rings (SSSR count). The van der Waals surface area contributed by atoms with Gasteiger partial charge in [-0.1, -0.05) is 29.8 Å². The Kier molecular flexibility index (Phi) is 6.06. The van der Waals surface area contributed by atoms with Gasteiger partial charge >= 0.3 is 5.97 Å². The third-order valence-electron chi connectivity index (χ3n) is 6.18. The summed E-state index contributed by atoms with van der Waals surface area (Å²) in [5.74, 6) is -0.168. The van der Waals surface area contributed by atoms with E-state index >= 15 is 0 Å². The fourth-order valence-corrected chi connectivity index (χ4v) is 4.48. The highest BCUT2D eigenvalue weighted by Gasteiger charge is 2.24. The maximum absolute atomic E-state index is 12.8. The highest BCUT2D eigenvalue weighted by Crippen LogP contribution is 2.27. The Labute approximate surface area is 195 Å². The fraction of sp³-hybridized carbons (Fsp3) is 0.348. The lowest BCUT2D eigenvalue weighted by Crippen LogP contribution is -2.49. The maximum Gasteiger partial charge on any atom is 0.338 e. The van der Waals surface area contributed by atoms with E-state index in [1.165, 1.54) is 6.33 Å². The molecule has 3 heterocycles. The van der Waals surface area contributed by atoms with Crippen LogP contribution in [-0.4, -0.2) is 74.6 Å². The van der Waals surface area contributed by atoms with Crippen molar-refractivity contribution >= 4 is 23.5 Å². The van der Waals surface area contributed by atoms with Crippen LogP contribution < -0.4 is 0 Å². The SMILES string of the molecule is O=C1OCc2cc(CCN3CCN(C(=O)Cc4ccc(-n5cnnn5)cc4)CC3)c(Cl)cc21. The number of esters is 1. The summed E-state index contributed by atoms with van der Waals surface area (Å²) in [6, 6.07) is 11.4. The van der Waals surface area contributed by atoms with Gasteiger partial charge in [0.1, 0.15) is 12.9 Å². The number of ether oxygens (including phenoxy) is 1. The fourth-order valence-electron chi connectivity index (χ4n) is 4.22. The van der Waals surface area contributed by atoms with Crippen LogP contribution in [0.25, 0.3) is 5.69 Å². The number of tetrazole rings is 1. The van der Waals surface area contributed by atoms with Gasteiger partial charge in [0, 0.05) is 43.3 Å². The number of carbonyl (C=O) groups is 2. The third-order valence-corrected chi connectivity index (χ3v) is 6.53. The van der Waals surface area contributed by atoms with Gasteiger partial charge in [0.15, 0.2) is 0 Å². The van der Waals surface area contributed by atoms with Crippen LogP contribution in [0, 0.1) is 0 Å². The van der Waals surface area contributed by atoms with Crippen LogP contribution in [0.5, 0.6) is 0 Å². The van der Waals surface area contributed by atoms with Gasteiger partial charge in [-0.2, -0.15) is 0 Å². The molecule has 1 amide bonds. The van der Waals surface area contributed by atoms with E-state index in [0.29, 0.717) is 36.7 Å². The molecule has 170 valence electrons. The molecule has 0 spiro atoms. The first kappa shape index (κ1) is 21.5. The molecule has 9 nitrogen and oxygen atoms in total. The minimum absolute atomic E-state index is 0.135. The molecule has 1 aromatic heterocycles. The zero-order chi connectivity index (χ0) is 22.8. The van der Waals surface area contributed by atoms with E-state index in [1.54, 1.807) is 10.7 Å². The molecule has 0 aliphatic carbocycles. The monoisotopic (exact) mass is 466 g/mol. The molecule has 10 heteroatoms. The lowest BCUT2D eigenvalue weighted by molar-refractivity contribution is -0.132. The maximum atomic E-state index is 12.8. The topological polar surface area (TPSA) is 93.5 Å². The van der Waals surface area contributed by atoms with Crippen molar-refractivity contribution in [3.63, 3.8) is 0 Å². The summed E-state index contributed by atoms with van der Waals surface area (Å²) < 4.78 is 6.65. The van der Waals surface area contributed by atoms with Gasteiger partial charge in [0.05, 0.1) is 17.7 Å². The van der Waals surface area contributed by atoms with Crippen LogP contribution in [0.3, 0.4) is 0 Å². The first-order valence-corrected chi connectivity index (χ1v) is 11.3. The number of cyclic esters (lactones) is 1. The molecular weight excluding hydrogens is 444 g/mol. The average molecular weight is 467 g/mol. The summed E-state index contributed by atoms with van der Waals surface area (Å²) >= 11 is 6.38. The number of aromatic nitrogens is 4. The normalized spacial score (nSPS) is 16.0. The van der Waals surface area contributed by atoms with E-state index in [2.05, 4.69) is 20.4 Å². The predicted molar refractivity (Wildman–Crippen MR) is 120 cm³/mol. The largest absolute Gasteiger partial charge is 0.457 e. The van der Waals surface area contributed by atoms with Gasteiger partial charge < -0.3 is 9.64 Å². The Bertz CT molecular complexity index is 1160. The van der Waals surface area contributed by atoms with Crippen molar-refractivity contribution in [2.45, 2.75) is 19.4 Å². The van der Waals surface area contributed by atoms with Crippen molar-refractivity contribution in [1.29, 1.82) is 0 Å². The van der Waals surface area contributed by atoms with E-state index in [4.69, 9.17) is 16.3 Å². The van der Waals surface area contributed by atoms with Crippen molar-refractivity contribution in [3.8, 4) is 5.69 Å². The first-order chi connectivity index (χ1) is 16.1. The second-order valence-electron chi connectivity index (χ2n) is 8.25. The molecule has 0 N–H and O–H groups in total. The van der Waals surface area contributed by atoms with Gasteiger partial charge in [-0.25, -0.2) is 9.48 Å². The number of piperazine rings is 1. The zero-order valence-electron chi connectivity index (χ0n) is 18.0. The molecule has 0 atom stereocenters. The number of fused-ring (bicyclic) bond motifs is 1. The van der Waals surface area contributed by atoms with Gasteiger partial charge in [0.25, 0.3) is 0 Å². The highest BCUT2D eigenvalue weighted by molar-refractivity contribution is 6.31. The van der Waals surface area contributed by atoms with E-state index < -0.39 is 0 Å². The zero-order valence-corrected chi connectivity index (χ0v) is 18.7. The van der Waals surface area contributed by atoms with Crippen LogP contribution in [-0.2, 0) is 29.0 Å². The molecular formula is C23H23ClN6O3. The second-order valence-corrected chi connectivity index (χ2v) is 8.65. The number of rotatable bonds is 6. The second kappa shape index (κ2) is 9.29. The molecule has 0 radical (unpaired) electrons. The van der Waals surface area contributed by atoms with Crippen LogP contribution in [0.15, 0.2) is 42.7 Å². The van der Waals surface area contributed by atoms with Crippen LogP contribution in [0.1, 0.15) is 27.0 Å². The van der Waals surface area contributed by atoms with Gasteiger partial charge in [0.2, 0.25) is 5.91 Å². The minimum Gasteiger partial charge on any atom is -0.457 e. The third kappa shape index (κ3) is 4.74. The lowest BCUT2D eigenvalue weighted by atomic mass is 10.0. The van der Waals surface area contributed by atoms with E-state index in [0.717, 1.165) is 48.4 Å². The molecule has 0 unspecified atom stereocenters. The molecule has 2 aromatic carbocycles. The summed E-state index contributed by atoms with van der Waals surface area (Å²) in [4.78, 5) is 28.7. The molecule has 3 aromatic rings. The van der Waals surface area contributed by atoms with Gasteiger partial charge in [-0.05, 0) is 46.2 Å². The molecule has 1 fully saturated rings. The van der Waals surface area contributed by atoms with Crippen LogP contribution in [0.4, 0.5) is 0 Å². The number of benzene rings is 2. The smallest absolute Gasteiger partial charge is 0.338 e. The van der Waals surface area contributed by atoms with Crippen molar-refractivity contribution in [1.82, 2.24) is 30.0 Å². The number of nitrogens with zero attached hydrogens (tertiary/aromatic N) is 6. The molecule has 1 saturated heterocycles. The van der Waals surface area contributed by atoms with Crippen molar-refractivity contribution in [2.24, 2.45) is 0 Å². The Morgan fingerprint density at radius 3 is 2.61 bits per heavy atom. The molecule has 0 saturated carbocycles. The predicted octanol–water partition coefficient (Wildman–Crippen LogP) is 1.92. The van der Waals surface area contributed by atoms with Crippen LogP contribution >= 0.6 is 11.6 Å². The number of carbonyl (C=O) groups excluding carboxylic acids is 2. The van der Waals surface area contributed by atoms with Gasteiger partial charge in [-0.15, -0.1) is 5.10 Å².